The van der Waals surface area contributed by atoms with Crippen LogP contribution in [-0.4, -0.2) is 23.7 Å². The minimum atomic E-state index is -4.52. The van der Waals surface area contributed by atoms with Gasteiger partial charge < -0.3 is 9.79 Å². The Labute approximate surface area is 105 Å². The number of nitrogens with zero attached hydrogens (tertiary/aromatic N) is 1. The van der Waals surface area contributed by atoms with Crippen LogP contribution in [-0.2, 0) is 14.6 Å². The number of hydrogen-bond acceptors (Lipinski definition) is 4. The van der Waals surface area contributed by atoms with Crippen molar-refractivity contribution >= 4 is 23.1 Å². The lowest BCUT2D eigenvalue weighted by Crippen LogP contribution is -2.19. The highest BCUT2D eigenvalue weighted by Crippen LogP contribution is 2.35. The zero-order valence-corrected chi connectivity index (χ0v) is 11.4. The van der Waals surface area contributed by atoms with Gasteiger partial charge in [0.05, 0.1) is 4.90 Å². The van der Waals surface area contributed by atoms with Gasteiger partial charge in [-0.1, -0.05) is 17.7 Å². The molecule has 0 heterocycles. The zero-order chi connectivity index (χ0) is 14.0. The molecule has 0 spiro atoms. The summed E-state index contributed by atoms with van der Waals surface area (Å²) < 4.78 is 34.2. The largest absolute Gasteiger partial charge is 0.371 e. The molecule has 0 amide bonds. The fraction of sp³-hybridized carbons (Fsp3) is 0.222. The van der Waals surface area contributed by atoms with Crippen molar-refractivity contribution in [1.82, 2.24) is 4.83 Å². The minimum absolute atomic E-state index is 0.0321. The summed E-state index contributed by atoms with van der Waals surface area (Å²) in [5, 5.41) is 3.18. The third kappa shape index (κ3) is 3.92. The van der Waals surface area contributed by atoms with Crippen LogP contribution in [0.3, 0.4) is 0 Å². The summed E-state index contributed by atoms with van der Waals surface area (Å²) in [5.74, 6) is 0. The van der Waals surface area contributed by atoms with Gasteiger partial charge in [-0.3, -0.25) is 4.57 Å². The van der Waals surface area contributed by atoms with Gasteiger partial charge in [-0.2, -0.15) is 18.4 Å². The Kier molecular flexibility index (Phi) is 4.28. The van der Waals surface area contributed by atoms with Crippen LogP contribution in [0.25, 0.3) is 0 Å². The van der Waals surface area contributed by atoms with Gasteiger partial charge in [0.1, 0.15) is 5.45 Å². The third-order valence-electron chi connectivity index (χ3n) is 2.08. The van der Waals surface area contributed by atoms with Crippen LogP contribution in [0, 0.1) is 6.92 Å². The zero-order valence-electron chi connectivity index (χ0n) is 9.73. The lowest BCUT2D eigenvalue weighted by molar-refractivity contribution is 0.390. The van der Waals surface area contributed by atoms with Crippen molar-refractivity contribution in [3.05, 3.63) is 29.8 Å². The molecule has 100 valence electrons. The first-order valence-electron chi connectivity index (χ1n) is 4.82. The molecule has 0 unspecified atom stereocenters. The number of sulfonamides is 1. The second-order valence-electron chi connectivity index (χ2n) is 3.61. The summed E-state index contributed by atoms with van der Waals surface area (Å²) in [6, 6.07) is 5.96. The molecule has 0 bridgehead atoms. The lowest BCUT2D eigenvalue weighted by atomic mass is 10.2. The molecule has 0 aromatic heterocycles. The molecule has 0 aliphatic heterocycles. The smallest absolute Gasteiger partial charge is 0.320 e. The maximum absolute atomic E-state index is 11.7. The Morgan fingerprint density at radius 1 is 1.28 bits per heavy atom. The number of benzene rings is 1. The number of aryl methyl sites for hydroxylation is 1. The summed E-state index contributed by atoms with van der Waals surface area (Å²) in [6.45, 7) is 2.85. The van der Waals surface area contributed by atoms with Gasteiger partial charge in [0.2, 0.25) is 0 Å². The van der Waals surface area contributed by atoms with E-state index >= 15 is 0 Å². The third-order valence-corrected chi connectivity index (χ3v) is 4.25. The molecule has 1 rings (SSSR count). The van der Waals surface area contributed by atoms with E-state index in [9.17, 15) is 13.0 Å². The molecule has 1 aromatic rings. The molecule has 0 aliphatic carbocycles. The summed E-state index contributed by atoms with van der Waals surface area (Å²) in [7, 11) is -8.43. The van der Waals surface area contributed by atoms with E-state index in [-0.39, 0.29) is 4.90 Å². The van der Waals surface area contributed by atoms with Crippen molar-refractivity contribution in [1.29, 1.82) is 0 Å². The van der Waals surface area contributed by atoms with Crippen molar-refractivity contribution in [3.63, 3.8) is 0 Å². The molecular weight excluding hydrogens is 279 g/mol. The van der Waals surface area contributed by atoms with E-state index in [1.165, 1.54) is 12.1 Å². The summed E-state index contributed by atoms with van der Waals surface area (Å²) >= 11 is 0. The maximum Gasteiger partial charge on any atom is 0.371 e. The topological polar surface area (TPSA) is 116 Å². The summed E-state index contributed by atoms with van der Waals surface area (Å²) in [4.78, 5) is 19.2. The Morgan fingerprint density at radius 2 is 1.78 bits per heavy atom. The van der Waals surface area contributed by atoms with Crippen molar-refractivity contribution in [3.8, 4) is 0 Å². The van der Waals surface area contributed by atoms with Crippen LogP contribution in [0.15, 0.2) is 34.3 Å². The minimum Gasteiger partial charge on any atom is -0.320 e. The fourth-order valence-electron chi connectivity index (χ4n) is 0.961. The molecule has 0 saturated heterocycles. The first-order chi connectivity index (χ1) is 8.13. The van der Waals surface area contributed by atoms with Gasteiger partial charge in [0, 0.05) is 0 Å². The first-order valence-corrected chi connectivity index (χ1v) is 7.91. The quantitative estimate of drug-likeness (QED) is 0.431. The predicted molar refractivity (Wildman–Crippen MR) is 66.7 cm³/mol. The fourth-order valence-corrected chi connectivity index (χ4v) is 2.07. The molecule has 0 fully saturated rings. The van der Waals surface area contributed by atoms with Gasteiger partial charge in [0.25, 0.3) is 10.0 Å². The summed E-state index contributed by atoms with van der Waals surface area (Å²) in [6.07, 6.45) is 0. The molecule has 3 N–H and O–H groups in total. The van der Waals surface area contributed by atoms with Gasteiger partial charge in [0.15, 0.2) is 0 Å². The molecule has 0 radical (unpaired) electrons. The number of rotatable bonds is 4. The molecule has 7 nitrogen and oxygen atoms in total. The lowest BCUT2D eigenvalue weighted by Gasteiger charge is -2.06. The molecule has 1 aromatic carbocycles. The van der Waals surface area contributed by atoms with Gasteiger partial charge in [-0.25, -0.2) is 0 Å². The second-order valence-corrected chi connectivity index (χ2v) is 7.01. The molecule has 9 heteroatoms. The van der Waals surface area contributed by atoms with Crippen molar-refractivity contribution < 1.29 is 22.8 Å². The van der Waals surface area contributed by atoms with E-state index in [1.54, 1.807) is 23.9 Å². The van der Waals surface area contributed by atoms with E-state index in [2.05, 4.69) is 5.10 Å². The summed E-state index contributed by atoms with van der Waals surface area (Å²) in [5.41, 5.74) is 0.294. The standard InChI is InChI=1S/C9H13N2O5PS/c1-7-3-5-9(6-4-7)18(15,16)11-10-8(2)17(12,13)14/h3-6,11H,1-2H3,(H2,12,13,14)/b10-8+. The van der Waals surface area contributed by atoms with E-state index < -0.39 is 23.1 Å². The molecule has 0 saturated carbocycles. The second kappa shape index (κ2) is 5.19. The van der Waals surface area contributed by atoms with Crippen LogP contribution in [0.4, 0.5) is 0 Å². The average molecular weight is 292 g/mol. The van der Waals surface area contributed by atoms with Crippen LogP contribution in [0.2, 0.25) is 0 Å². The van der Waals surface area contributed by atoms with E-state index in [1.807, 2.05) is 0 Å². The van der Waals surface area contributed by atoms with Gasteiger partial charge >= 0.3 is 7.60 Å². The predicted octanol–water partition coefficient (Wildman–Crippen LogP) is 0.784. The Balaban J connectivity index is 2.97. The van der Waals surface area contributed by atoms with Crippen LogP contribution in [0.5, 0.6) is 0 Å². The van der Waals surface area contributed by atoms with Crippen molar-refractivity contribution in [2.45, 2.75) is 18.7 Å². The van der Waals surface area contributed by atoms with Crippen molar-refractivity contribution in [2.75, 3.05) is 0 Å². The SMILES string of the molecule is C/C(=N\NS(=O)(=O)c1ccc(C)cc1)P(=O)(O)O. The highest BCUT2D eigenvalue weighted by molar-refractivity contribution is 7.89. The van der Waals surface area contributed by atoms with Gasteiger partial charge in [-0.05, 0) is 26.0 Å². The molecule has 18 heavy (non-hydrogen) atoms. The number of nitrogens with one attached hydrogen (secondary N) is 1. The van der Waals surface area contributed by atoms with E-state index in [0.717, 1.165) is 12.5 Å². The average Bonchev–Trinajstić information content (AvgIpc) is 2.25. The maximum atomic E-state index is 11.7. The van der Waals surface area contributed by atoms with Crippen LogP contribution < -0.4 is 4.83 Å². The number of hydrogen-bond donors (Lipinski definition) is 3. The Hall–Kier alpha value is -1.21. The molecule has 0 aliphatic rings. The molecular formula is C9H13N2O5PS. The monoisotopic (exact) mass is 292 g/mol. The number of hydrazone groups is 1. The molecule has 0 atom stereocenters. The van der Waals surface area contributed by atoms with Crippen LogP contribution in [0.1, 0.15) is 12.5 Å². The van der Waals surface area contributed by atoms with Gasteiger partial charge in [-0.15, -0.1) is 0 Å². The highest BCUT2D eigenvalue weighted by Gasteiger charge is 2.20. The van der Waals surface area contributed by atoms with E-state index in [4.69, 9.17) is 9.79 Å². The Bertz CT molecular complexity index is 602. The van der Waals surface area contributed by atoms with Crippen LogP contribution >= 0.6 is 7.60 Å². The first kappa shape index (κ1) is 14.8. The van der Waals surface area contributed by atoms with E-state index in [0.29, 0.717) is 0 Å². The van der Waals surface area contributed by atoms with Crippen molar-refractivity contribution in [2.24, 2.45) is 5.10 Å². The Morgan fingerprint density at radius 3 is 2.22 bits per heavy atom. The highest BCUT2D eigenvalue weighted by atomic mass is 32.2. The normalized spacial score (nSPS) is 13.4.